The Hall–Kier alpha value is -0.120. The summed E-state index contributed by atoms with van der Waals surface area (Å²) in [6.07, 6.45) is 4.02. The molecule has 3 unspecified atom stereocenters. The van der Waals surface area contributed by atoms with Gasteiger partial charge in [-0.2, -0.15) is 0 Å². The van der Waals surface area contributed by atoms with Crippen LogP contribution in [0.2, 0.25) is 0 Å². The van der Waals surface area contributed by atoms with Gasteiger partial charge in [-0.05, 0) is 57.4 Å². The van der Waals surface area contributed by atoms with Gasteiger partial charge >= 0.3 is 0 Å². The van der Waals surface area contributed by atoms with Gasteiger partial charge in [-0.1, -0.05) is 20.8 Å². The molecule has 1 rings (SSSR count). The lowest BCUT2D eigenvalue weighted by Crippen LogP contribution is -2.48. The third kappa shape index (κ3) is 5.34. The van der Waals surface area contributed by atoms with Crippen LogP contribution in [0.25, 0.3) is 0 Å². The molecule has 1 aliphatic carbocycles. The maximum atomic E-state index is 9.27. The van der Waals surface area contributed by atoms with Crippen LogP contribution in [0.3, 0.4) is 0 Å². The van der Waals surface area contributed by atoms with Gasteiger partial charge in [0.05, 0.1) is 6.61 Å². The quantitative estimate of drug-likeness (QED) is 0.719. The molecule has 0 aliphatic heterocycles. The number of nitrogens with zero attached hydrogens (tertiary/aromatic N) is 1. The SMILES string of the molecule is CCNC1CCC(C(C)C)CC1CN(CCO)C(C)C. The van der Waals surface area contributed by atoms with Gasteiger partial charge in [0, 0.05) is 25.2 Å². The van der Waals surface area contributed by atoms with Crippen molar-refractivity contribution >= 4 is 0 Å². The van der Waals surface area contributed by atoms with E-state index in [1.807, 2.05) is 0 Å². The van der Waals surface area contributed by atoms with E-state index in [1.54, 1.807) is 0 Å². The fourth-order valence-electron chi connectivity index (χ4n) is 3.63. The highest BCUT2D eigenvalue weighted by molar-refractivity contribution is 4.88. The summed E-state index contributed by atoms with van der Waals surface area (Å²) in [5, 5.41) is 13.0. The molecule has 120 valence electrons. The Morgan fingerprint density at radius 3 is 2.40 bits per heavy atom. The molecule has 3 heteroatoms. The molecule has 0 spiro atoms. The highest BCUT2D eigenvalue weighted by Gasteiger charge is 2.32. The average molecular weight is 284 g/mol. The van der Waals surface area contributed by atoms with Crippen LogP contribution in [-0.4, -0.2) is 48.3 Å². The normalized spacial score (nSPS) is 27.8. The highest BCUT2D eigenvalue weighted by atomic mass is 16.3. The summed E-state index contributed by atoms with van der Waals surface area (Å²) in [4.78, 5) is 2.44. The van der Waals surface area contributed by atoms with E-state index < -0.39 is 0 Å². The standard InChI is InChI=1S/C17H36N2O/c1-6-18-17-8-7-15(13(2)3)11-16(17)12-19(9-10-20)14(4)5/h13-18,20H,6-12H2,1-5H3. The first kappa shape index (κ1) is 17.9. The van der Waals surface area contributed by atoms with Crippen molar-refractivity contribution in [3.8, 4) is 0 Å². The Kier molecular flexibility index (Phi) is 8.08. The molecular formula is C17H36N2O. The maximum absolute atomic E-state index is 9.27. The monoisotopic (exact) mass is 284 g/mol. The van der Waals surface area contributed by atoms with Crippen LogP contribution < -0.4 is 5.32 Å². The lowest BCUT2D eigenvalue weighted by Gasteiger charge is -2.41. The predicted molar refractivity (Wildman–Crippen MR) is 86.9 cm³/mol. The first-order valence-corrected chi connectivity index (χ1v) is 8.57. The molecule has 20 heavy (non-hydrogen) atoms. The Morgan fingerprint density at radius 1 is 1.20 bits per heavy atom. The van der Waals surface area contributed by atoms with Gasteiger partial charge in [0.25, 0.3) is 0 Å². The van der Waals surface area contributed by atoms with Crippen molar-refractivity contribution in [3.63, 3.8) is 0 Å². The molecule has 0 aromatic carbocycles. The van der Waals surface area contributed by atoms with Crippen LogP contribution in [0, 0.1) is 17.8 Å². The third-order valence-electron chi connectivity index (χ3n) is 5.02. The Morgan fingerprint density at radius 2 is 1.90 bits per heavy atom. The minimum Gasteiger partial charge on any atom is -0.395 e. The van der Waals surface area contributed by atoms with E-state index in [0.29, 0.717) is 12.1 Å². The van der Waals surface area contributed by atoms with Crippen LogP contribution >= 0.6 is 0 Å². The highest BCUT2D eigenvalue weighted by Crippen LogP contribution is 2.34. The summed E-state index contributed by atoms with van der Waals surface area (Å²) in [5.41, 5.74) is 0. The van der Waals surface area contributed by atoms with Crippen LogP contribution in [0.1, 0.15) is 53.9 Å². The molecule has 0 amide bonds. The Bertz CT molecular complexity index is 255. The van der Waals surface area contributed by atoms with Crippen LogP contribution in [0.5, 0.6) is 0 Å². The number of hydrogen-bond donors (Lipinski definition) is 2. The van der Waals surface area contributed by atoms with Gasteiger partial charge in [0.15, 0.2) is 0 Å². The molecule has 0 aromatic heterocycles. The third-order valence-corrected chi connectivity index (χ3v) is 5.02. The summed E-state index contributed by atoms with van der Waals surface area (Å²) in [6.45, 7) is 14.7. The Labute approximate surface area is 126 Å². The average Bonchev–Trinajstić information content (AvgIpc) is 2.39. The number of nitrogens with one attached hydrogen (secondary N) is 1. The predicted octanol–water partition coefficient (Wildman–Crippen LogP) is 2.74. The van der Waals surface area contributed by atoms with Crippen molar-refractivity contribution < 1.29 is 5.11 Å². The van der Waals surface area contributed by atoms with Crippen LogP contribution in [0.15, 0.2) is 0 Å². The second-order valence-corrected chi connectivity index (χ2v) is 7.05. The first-order chi connectivity index (χ1) is 9.49. The van der Waals surface area contributed by atoms with E-state index >= 15 is 0 Å². The first-order valence-electron chi connectivity index (χ1n) is 8.57. The van der Waals surface area contributed by atoms with Gasteiger partial charge in [0.2, 0.25) is 0 Å². The molecule has 1 aliphatic rings. The molecule has 3 atom stereocenters. The zero-order chi connectivity index (χ0) is 15.1. The zero-order valence-corrected chi connectivity index (χ0v) is 14.2. The lowest BCUT2D eigenvalue weighted by atomic mass is 9.73. The molecule has 0 radical (unpaired) electrons. The fourth-order valence-corrected chi connectivity index (χ4v) is 3.63. The second kappa shape index (κ2) is 9.01. The van der Waals surface area contributed by atoms with Crippen molar-refractivity contribution in [1.29, 1.82) is 0 Å². The van der Waals surface area contributed by atoms with Crippen LogP contribution in [0.4, 0.5) is 0 Å². The van der Waals surface area contributed by atoms with E-state index in [-0.39, 0.29) is 6.61 Å². The van der Waals surface area contributed by atoms with E-state index in [2.05, 4.69) is 44.8 Å². The molecule has 2 N–H and O–H groups in total. The van der Waals surface area contributed by atoms with E-state index in [4.69, 9.17) is 0 Å². The Balaban J connectivity index is 2.67. The van der Waals surface area contributed by atoms with Crippen molar-refractivity contribution in [2.45, 2.75) is 66.0 Å². The van der Waals surface area contributed by atoms with Crippen LogP contribution in [-0.2, 0) is 0 Å². The molecule has 3 nitrogen and oxygen atoms in total. The zero-order valence-electron chi connectivity index (χ0n) is 14.2. The minimum absolute atomic E-state index is 0.268. The number of rotatable bonds is 8. The lowest BCUT2D eigenvalue weighted by molar-refractivity contribution is 0.0925. The number of aliphatic hydroxyl groups excluding tert-OH is 1. The molecule has 0 aromatic rings. The summed E-state index contributed by atoms with van der Waals surface area (Å²) in [6, 6.07) is 1.18. The number of hydrogen-bond acceptors (Lipinski definition) is 3. The second-order valence-electron chi connectivity index (χ2n) is 7.05. The molecule has 0 bridgehead atoms. The van der Waals surface area contributed by atoms with Crippen molar-refractivity contribution in [2.24, 2.45) is 17.8 Å². The van der Waals surface area contributed by atoms with E-state index in [0.717, 1.165) is 37.4 Å². The van der Waals surface area contributed by atoms with Gasteiger partial charge in [-0.15, -0.1) is 0 Å². The van der Waals surface area contributed by atoms with Crippen molar-refractivity contribution in [2.75, 3.05) is 26.2 Å². The largest absolute Gasteiger partial charge is 0.395 e. The fraction of sp³-hybridized carbons (Fsp3) is 1.00. The van der Waals surface area contributed by atoms with Crippen molar-refractivity contribution in [3.05, 3.63) is 0 Å². The summed E-state index contributed by atoms with van der Waals surface area (Å²) >= 11 is 0. The van der Waals surface area contributed by atoms with Gasteiger partial charge in [0.1, 0.15) is 0 Å². The maximum Gasteiger partial charge on any atom is 0.0558 e. The topological polar surface area (TPSA) is 35.5 Å². The van der Waals surface area contributed by atoms with Crippen molar-refractivity contribution in [1.82, 2.24) is 10.2 Å². The summed E-state index contributed by atoms with van der Waals surface area (Å²) in [5.74, 6) is 2.40. The van der Waals surface area contributed by atoms with Gasteiger partial charge < -0.3 is 10.4 Å². The minimum atomic E-state index is 0.268. The molecule has 1 saturated carbocycles. The molecule has 0 heterocycles. The summed E-state index contributed by atoms with van der Waals surface area (Å²) < 4.78 is 0. The molecular weight excluding hydrogens is 248 g/mol. The molecule has 1 fully saturated rings. The number of aliphatic hydroxyl groups is 1. The van der Waals surface area contributed by atoms with Gasteiger partial charge in [-0.3, -0.25) is 4.90 Å². The molecule has 0 saturated heterocycles. The van der Waals surface area contributed by atoms with E-state index in [9.17, 15) is 5.11 Å². The summed E-state index contributed by atoms with van der Waals surface area (Å²) in [7, 11) is 0. The smallest absolute Gasteiger partial charge is 0.0558 e. The van der Waals surface area contributed by atoms with Gasteiger partial charge in [-0.25, -0.2) is 0 Å². The van der Waals surface area contributed by atoms with E-state index in [1.165, 1.54) is 19.3 Å².